The van der Waals surface area contributed by atoms with Crippen LogP contribution in [0.3, 0.4) is 0 Å². The van der Waals surface area contributed by atoms with E-state index in [-0.39, 0.29) is 11.8 Å². The van der Waals surface area contributed by atoms with E-state index in [1.165, 1.54) is 12.8 Å². The molecule has 0 spiro atoms. The van der Waals surface area contributed by atoms with E-state index in [1.807, 2.05) is 0 Å². The zero-order valence-electron chi connectivity index (χ0n) is 11.6. The molecule has 3 rings (SSSR count). The summed E-state index contributed by atoms with van der Waals surface area (Å²) < 4.78 is 0. The summed E-state index contributed by atoms with van der Waals surface area (Å²) in [6.45, 7) is 2.30. The van der Waals surface area contributed by atoms with Crippen molar-refractivity contribution in [3.8, 4) is 0 Å². The number of hydrogen-bond acceptors (Lipinski definition) is 2. The van der Waals surface area contributed by atoms with Gasteiger partial charge >= 0.3 is 0 Å². The highest BCUT2D eigenvalue weighted by atomic mass is 16.1. The quantitative estimate of drug-likeness (QED) is 0.857. The Labute approximate surface area is 114 Å². The molecular formula is C15H23N3O. The lowest BCUT2D eigenvalue weighted by Gasteiger charge is -2.29. The van der Waals surface area contributed by atoms with Gasteiger partial charge in [0.25, 0.3) is 0 Å². The van der Waals surface area contributed by atoms with Crippen molar-refractivity contribution in [1.29, 1.82) is 0 Å². The molecule has 1 aromatic heterocycles. The maximum Gasteiger partial charge on any atom is 0.223 e. The number of carbonyl (C=O) groups excluding carboxylic acids is 1. The Morgan fingerprint density at radius 3 is 2.89 bits per heavy atom. The van der Waals surface area contributed by atoms with Gasteiger partial charge in [-0.05, 0) is 44.4 Å². The lowest BCUT2D eigenvalue weighted by atomic mass is 9.85. The number of H-pyrrole nitrogens is 1. The van der Waals surface area contributed by atoms with Crippen LogP contribution in [0.4, 0.5) is 0 Å². The van der Waals surface area contributed by atoms with Crippen molar-refractivity contribution in [2.75, 3.05) is 0 Å². The van der Waals surface area contributed by atoms with Crippen LogP contribution < -0.4 is 5.32 Å². The predicted octanol–water partition coefficient (Wildman–Crippen LogP) is 2.21. The van der Waals surface area contributed by atoms with Gasteiger partial charge in [-0.2, -0.15) is 0 Å². The van der Waals surface area contributed by atoms with Gasteiger partial charge in [-0.1, -0.05) is 6.92 Å². The Bertz CT molecular complexity index is 446. The second-order valence-electron chi connectivity index (χ2n) is 6.23. The number of aromatic amines is 1. The Morgan fingerprint density at radius 1 is 1.32 bits per heavy atom. The fourth-order valence-electron chi connectivity index (χ4n) is 3.35. The maximum atomic E-state index is 12.3. The molecule has 1 atom stereocenters. The molecule has 4 heteroatoms. The topological polar surface area (TPSA) is 57.8 Å². The fraction of sp³-hybridized carbons (Fsp3) is 0.733. The van der Waals surface area contributed by atoms with Crippen LogP contribution in [0.2, 0.25) is 0 Å². The molecular weight excluding hydrogens is 238 g/mol. The van der Waals surface area contributed by atoms with Crippen molar-refractivity contribution in [3.05, 3.63) is 17.7 Å². The van der Waals surface area contributed by atoms with Crippen LogP contribution in [0.25, 0.3) is 0 Å². The van der Waals surface area contributed by atoms with Gasteiger partial charge < -0.3 is 10.3 Å². The molecule has 1 heterocycles. The van der Waals surface area contributed by atoms with Gasteiger partial charge in [-0.15, -0.1) is 0 Å². The molecule has 2 aliphatic rings. The third kappa shape index (κ3) is 2.82. The van der Waals surface area contributed by atoms with E-state index in [4.69, 9.17) is 0 Å². The highest BCUT2D eigenvalue weighted by molar-refractivity contribution is 5.79. The van der Waals surface area contributed by atoms with Crippen LogP contribution in [-0.2, 0) is 17.6 Å². The number of amides is 1. The van der Waals surface area contributed by atoms with Gasteiger partial charge in [0.1, 0.15) is 0 Å². The van der Waals surface area contributed by atoms with Gasteiger partial charge in [0, 0.05) is 24.1 Å². The lowest BCUT2D eigenvalue weighted by Crippen LogP contribution is -2.42. The van der Waals surface area contributed by atoms with Crippen LogP contribution in [0.1, 0.15) is 50.4 Å². The number of rotatable bonds is 2. The highest BCUT2D eigenvalue weighted by Gasteiger charge is 2.28. The van der Waals surface area contributed by atoms with Crippen molar-refractivity contribution in [1.82, 2.24) is 15.3 Å². The molecule has 104 valence electrons. The van der Waals surface area contributed by atoms with E-state index in [1.54, 1.807) is 6.33 Å². The first-order valence-electron chi connectivity index (χ1n) is 7.54. The molecule has 0 radical (unpaired) electrons. The molecule has 0 bridgehead atoms. The van der Waals surface area contributed by atoms with Crippen LogP contribution >= 0.6 is 0 Å². The number of aromatic nitrogens is 2. The Morgan fingerprint density at radius 2 is 2.11 bits per heavy atom. The van der Waals surface area contributed by atoms with E-state index in [2.05, 4.69) is 22.2 Å². The normalized spacial score (nSPS) is 30.7. The average molecular weight is 261 g/mol. The molecule has 1 unspecified atom stereocenters. The second kappa shape index (κ2) is 5.35. The van der Waals surface area contributed by atoms with Crippen molar-refractivity contribution in [2.24, 2.45) is 11.8 Å². The Hall–Kier alpha value is -1.32. The Kier molecular flexibility index (Phi) is 3.58. The predicted molar refractivity (Wildman–Crippen MR) is 73.7 cm³/mol. The maximum absolute atomic E-state index is 12.3. The summed E-state index contributed by atoms with van der Waals surface area (Å²) in [6, 6.07) is 0.409. The van der Waals surface area contributed by atoms with Gasteiger partial charge in [0.2, 0.25) is 5.91 Å². The van der Waals surface area contributed by atoms with Crippen LogP contribution in [0.15, 0.2) is 6.33 Å². The minimum absolute atomic E-state index is 0.132. The third-order valence-corrected chi connectivity index (χ3v) is 4.72. The summed E-state index contributed by atoms with van der Waals surface area (Å²) in [5, 5.41) is 3.26. The average Bonchev–Trinajstić information content (AvgIpc) is 2.88. The zero-order chi connectivity index (χ0) is 13.2. The molecule has 0 saturated heterocycles. The van der Waals surface area contributed by atoms with Gasteiger partial charge in [-0.25, -0.2) is 4.98 Å². The van der Waals surface area contributed by atoms with Gasteiger partial charge in [-0.3, -0.25) is 4.79 Å². The fourth-order valence-corrected chi connectivity index (χ4v) is 3.35. The largest absolute Gasteiger partial charge is 0.353 e. The minimum Gasteiger partial charge on any atom is -0.353 e. The van der Waals surface area contributed by atoms with Crippen molar-refractivity contribution in [3.63, 3.8) is 0 Å². The molecule has 1 fully saturated rings. The molecule has 1 aromatic rings. The van der Waals surface area contributed by atoms with Crippen molar-refractivity contribution >= 4 is 5.91 Å². The molecule has 2 aliphatic carbocycles. The van der Waals surface area contributed by atoms with Gasteiger partial charge in [0.15, 0.2) is 0 Å². The van der Waals surface area contributed by atoms with E-state index in [9.17, 15) is 4.79 Å². The number of nitrogens with one attached hydrogen (secondary N) is 2. The second-order valence-corrected chi connectivity index (χ2v) is 6.23. The van der Waals surface area contributed by atoms with Crippen molar-refractivity contribution < 1.29 is 4.79 Å². The molecule has 1 saturated carbocycles. The SMILES string of the molecule is CC1CCC(NC(=O)C2CCc3nc[nH]c3C2)CC1. The lowest BCUT2D eigenvalue weighted by molar-refractivity contribution is -0.126. The molecule has 0 aliphatic heterocycles. The molecule has 19 heavy (non-hydrogen) atoms. The number of nitrogens with zero attached hydrogens (tertiary/aromatic N) is 1. The highest BCUT2D eigenvalue weighted by Crippen LogP contribution is 2.26. The van der Waals surface area contributed by atoms with Crippen LogP contribution in [0.5, 0.6) is 0 Å². The number of carbonyl (C=O) groups is 1. The van der Waals surface area contributed by atoms with E-state index < -0.39 is 0 Å². The standard InChI is InChI=1S/C15H23N3O/c1-10-2-5-12(6-3-10)18-15(19)11-4-7-13-14(8-11)17-9-16-13/h9-12H,2-8H2,1H3,(H,16,17)(H,18,19). The van der Waals surface area contributed by atoms with E-state index in [0.29, 0.717) is 6.04 Å². The minimum atomic E-state index is 0.132. The summed E-state index contributed by atoms with van der Waals surface area (Å²) in [6.07, 6.45) is 9.23. The summed E-state index contributed by atoms with van der Waals surface area (Å²) in [5.41, 5.74) is 2.30. The molecule has 1 amide bonds. The number of aryl methyl sites for hydroxylation is 1. The third-order valence-electron chi connectivity index (χ3n) is 4.72. The summed E-state index contributed by atoms with van der Waals surface area (Å²) >= 11 is 0. The first kappa shape index (κ1) is 12.7. The smallest absolute Gasteiger partial charge is 0.223 e. The Balaban J connectivity index is 1.54. The van der Waals surface area contributed by atoms with E-state index in [0.717, 1.165) is 49.4 Å². The van der Waals surface area contributed by atoms with E-state index >= 15 is 0 Å². The summed E-state index contributed by atoms with van der Waals surface area (Å²) in [4.78, 5) is 19.8. The van der Waals surface area contributed by atoms with Crippen molar-refractivity contribution in [2.45, 2.75) is 57.9 Å². The zero-order valence-corrected chi connectivity index (χ0v) is 11.6. The summed E-state index contributed by atoms with van der Waals surface area (Å²) in [5.74, 6) is 1.21. The van der Waals surface area contributed by atoms with Crippen LogP contribution in [-0.4, -0.2) is 21.9 Å². The number of fused-ring (bicyclic) bond motifs is 1. The number of hydrogen-bond donors (Lipinski definition) is 2. The molecule has 0 aromatic carbocycles. The molecule has 2 N–H and O–H groups in total. The monoisotopic (exact) mass is 261 g/mol. The first-order valence-corrected chi connectivity index (χ1v) is 7.54. The number of imidazole rings is 1. The van der Waals surface area contributed by atoms with Gasteiger partial charge in [0.05, 0.1) is 12.0 Å². The molecule has 4 nitrogen and oxygen atoms in total. The summed E-state index contributed by atoms with van der Waals surface area (Å²) in [7, 11) is 0. The van der Waals surface area contributed by atoms with Crippen LogP contribution in [0, 0.1) is 11.8 Å². The first-order chi connectivity index (χ1) is 9.22.